The molecular weight excluding hydrogens is 508 g/mol. The highest BCUT2D eigenvalue weighted by Gasteiger charge is 2.28. The van der Waals surface area contributed by atoms with Crippen molar-refractivity contribution in [3.05, 3.63) is 102 Å². The molecule has 0 N–H and O–H groups in total. The monoisotopic (exact) mass is 542 g/mol. The summed E-state index contributed by atoms with van der Waals surface area (Å²) >= 11 is 0. The van der Waals surface area contributed by atoms with Gasteiger partial charge in [0.1, 0.15) is 11.4 Å². The molecule has 7 nitrogen and oxygen atoms in total. The van der Waals surface area contributed by atoms with Gasteiger partial charge < -0.3 is 4.90 Å². The van der Waals surface area contributed by atoms with Crippen molar-refractivity contribution in [3.8, 4) is 22.5 Å². The first-order chi connectivity index (χ1) is 20.1. The molecule has 1 fully saturated rings. The number of likely N-dealkylation sites (tertiary alicyclic amines) is 1. The molecule has 7 heteroatoms. The fourth-order valence-corrected chi connectivity index (χ4v) is 5.77. The van der Waals surface area contributed by atoms with Gasteiger partial charge in [-0.3, -0.25) is 14.7 Å². The number of hydrogen-bond acceptors (Lipinski definition) is 6. The first kappa shape index (κ1) is 26.7. The molecule has 0 radical (unpaired) electrons. The van der Waals surface area contributed by atoms with Crippen LogP contribution in [0.15, 0.2) is 90.1 Å². The molecule has 2 aliphatic heterocycles. The molecule has 6 rings (SSSR count). The number of piperidine rings is 1. The summed E-state index contributed by atoms with van der Waals surface area (Å²) < 4.78 is 0. The molecule has 0 spiro atoms. The van der Waals surface area contributed by atoms with Gasteiger partial charge in [0.15, 0.2) is 5.82 Å². The molecule has 1 saturated heterocycles. The topological polar surface area (TPSA) is 74.6 Å². The van der Waals surface area contributed by atoms with Gasteiger partial charge in [-0.2, -0.15) is 0 Å². The van der Waals surface area contributed by atoms with Gasteiger partial charge in [-0.15, -0.1) is 10.2 Å². The third-order valence-corrected chi connectivity index (χ3v) is 7.94. The fourth-order valence-electron chi connectivity index (χ4n) is 5.77. The number of aromatic nitrogens is 3. The van der Waals surface area contributed by atoms with Crippen molar-refractivity contribution in [1.29, 1.82) is 0 Å². The van der Waals surface area contributed by atoms with E-state index in [9.17, 15) is 4.79 Å². The number of carbonyl (C=O) groups is 1. The summed E-state index contributed by atoms with van der Waals surface area (Å²) in [5, 5.41) is 9.03. The molecule has 4 aromatic rings. The van der Waals surface area contributed by atoms with Crippen LogP contribution in [-0.4, -0.2) is 51.3 Å². The number of allylic oxidation sites excluding steroid dienone is 1. The van der Waals surface area contributed by atoms with E-state index in [1.54, 1.807) is 6.92 Å². The average molecular weight is 543 g/mol. The van der Waals surface area contributed by atoms with E-state index in [-0.39, 0.29) is 11.9 Å². The van der Waals surface area contributed by atoms with Crippen LogP contribution < -0.4 is 4.90 Å². The lowest BCUT2D eigenvalue weighted by Crippen LogP contribution is -2.47. The van der Waals surface area contributed by atoms with Crippen molar-refractivity contribution < 1.29 is 4.79 Å². The highest BCUT2D eigenvalue weighted by atomic mass is 16.2. The summed E-state index contributed by atoms with van der Waals surface area (Å²) in [7, 11) is 0. The van der Waals surface area contributed by atoms with Crippen LogP contribution in [0.25, 0.3) is 28.1 Å². The normalized spacial score (nSPS) is 15.6. The van der Waals surface area contributed by atoms with E-state index >= 15 is 0 Å². The summed E-state index contributed by atoms with van der Waals surface area (Å²) in [6.45, 7) is 6.54. The van der Waals surface area contributed by atoms with Crippen LogP contribution in [0, 0.1) is 6.92 Å². The van der Waals surface area contributed by atoms with Gasteiger partial charge in [0.2, 0.25) is 5.91 Å². The van der Waals surface area contributed by atoms with Crippen molar-refractivity contribution in [2.75, 3.05) is 18.0 Å². The lowest BCUT2D eigenvalue weighted by atomic mass is 9.99. The molecule has 0 aliphatic carbocycles. The maximum Gasteiger partial charge on any atom is 0.224 e. The van der Waals surface area contributed by atoms with Gasteiger partial charge >= 0.3 is 0 Å². The second kappa shape index (κ2) is 11.9. The molecular formula is C34H34N6O. The lowest BCUT2D eigenvalue weighted by molar-refractivity contribution is -0.117. The predicted molar refractivity (Wildman–Crippen MR) is 164 cm³/mol. The summed E-state index contributed by atoms with van der Waals surface area (Å²) in [5.74, 6) is 0.733. The first-order valence-corrected chi connectivity index (χ1v) is 14.2. The van der Waals surface area contributed by atoms with Gasteiger partial charge in [0, 0.05) is 73.8 Å². The number of aryl methyl sites for hydroxylation is 1. The molecule has 1 aromatic heterocycles. The molecule has 206 valence electrons. The zero-order valence-electron chi connectivity index (χ0n) is 23.6. The highest BCUT2D eigenvalue weighted by Crippen LogP contribution is 2.31. The van der Waals surface area contributed by atoms with Gasteiger partial charge in [-0.05, 0) is 37.0 Å². The van der Waals surface area contributed by atoms with E-state index in [1.807, 2.05) is 59.8 Å². The van der Waals surface area contributed by atoms with Gasteiger partial charge in [-0.1, -0.05) is 72.8 Å². The number of hydrogen-bond donors (Lipinski definition) is 0. The second-order valence-corrected chi connectivity index (χ2v) is 10.8. The minimum atomic E-state index is 0.113. The zero-order valence-corrected chi connectivity index (χ0v) is 23.6. The fraction of sp³-hybridized carbons (Fsp3) is 0.265. The summed E-state index contributed by atoms with van der Waals surface area (Å²) in [5.41, 5.74) is 7.99. The molecule has 2 aliphatic rings. The van der Waals surface area contributed by atoms with Crippen LogP contribution in [-0.2, 0) is 11.3 Å². The van der Waals surface area contributed by atoms with Gasteiger partial charge in [0.25, 0.3) is 0 Å². The Morgan fingerprint density at radius 2 is 1.59 bits per heavy atom. The van der Waals surface area contributed by atoms with Crippen molar-refractivity contribution in [1.82, 2.24) is 20.1 Å². The standard InChI is InChI=1S/C34H34N6O/c1-24-8-6-7-11-31(24)40(25(2)41)30-17-20-39(21-18-30)23-26-12-14-28(15-13-26)32-33(27-9-4-3-5-10-27)37-38-34(36-32)29-16-19-35-22-29/h3-15,19,22,30H,16-18,20-21,23H2,1-2H3. The van der Waals surface area contributed by atoms with E-state index in [4.69, 9.17) is 4.98 Å². The number of rotatable bonds is 7. The van der Waals surface area contributed by atoms with E-state index in [0.29, 0.717) is 5.82 Å². The Bertz CT molecular complexity index is 1590. The van der Waals surface area contributed by atoms with Crippen LogP contribution in [0.1, 0.15) is 43.1 Å². The average Bonchev–Trinajstić information content (AvgIpc) is 3.55. The smallest absolute Gasteiger partial charge is 0.224 e. The minimum Gasteiger partial charge on any atom is -0.309 e. The highest BCUT2D eigenvalue weighted by molar-refractivity contribution is 5.93. The Balaban J connectivity index is 1.17. The quantitative estimate of drug-likeness (QED) is 0.272. The van der Waals surface area contributed by atoms with Crippen LogP contribution in [0.3, 0.4) is 0 Å². The van der Waals surface area contributed by atoms with Crippen LogP contribution >= 0.6 is 0 Å². The predicted octanol–water partition coefficient (Wildman–Crippen LogP) is 6.35. The van der Waals surface area contributed by atoms with Gasteiger partial charge in [-0.25, -0.2) is 4.98 Å². The molecule has 1 amide bonds. The molecule has 0 atom stereocenters. The van der Waals surface area contributed by atoms with Gasteiger partial charge in [0.05, 0.1) is 0 Å². The number of nitrogens with zero attached hydrogens (tertiary/aromatic N) is 6. The molecule has 0 bridgehead atoms. The van der Waals surface area contributed by atoms with Crippen molar-refractivity contribution >= 4 is 23.4 Å². The lowest BCUT2D eigenvalue weighted by Gasteiger charge is -2.38. The Kier molecular flexibility index (Phi) is 7.78. The largest absolute Gasteiger partial charge is 0.309 e. The SMILES string of the molecule is CC(=O)N(c1ccccc1C)C1CCN(Cc2ccc(-c3nc(C4=CN=CC4)nnc3-c3ccccc3)cc2)CC1. The van der Waals surface area contributed by atoms with Crippen LogP contribution in [0.2, 0.25) is 0 Å². The Morgan fingerprint density at radius 3 is 2.27 bits per heavy atom. The number of carbonyl (C=O) groups excluding carboxylic acids is 1. The van der Waals surface area contributed by atoms with Crippen molar-refractivity contribution in [2.24, 2.45) is 4.99 Å². The number of benzene rings is 3. The zero-order chi connectivity index (χ0) is 28.2. The molecule has 0 saturated carbocycles. The Hall–Kier alpha value is -4.49. The van der Waals surface area contributed by atoms with Crippen LogP contribution in [0.4, 0.5) is 5.69 Å². The van der Waals surface area contributed by atoms with Crippen LogP contribution in [0.5, 0.6) is 0 Å². The van der Waals surface area contributed by atoms with Crippen molar-refractivity contribution in [3.63, 3.8) is 0 Å². The minimum absolute atomic E-state index is 0.113. The molecule has 41 heavy (non-hydrogen) atoms. The van der Waals surface area contributed by atoms with E-state index in [2.05, 4.69) is 63.4 Å². The summed E-state index contributed by atoms with van der Waals surface area (Å²) in [4.78, 5) is 26.3. The third kappa shape index (κ3) is 5.86. The number of aliphatic imine (C=N–C) groups is 1. The molecule has 3 heterocycles. The number of para-hydroxylation sites is 1. The third-order valence-electron chi connectivity index (χ3n) is 7.94. The number of anilines is 1. The van der Waals surface area contributed by atoms with E-state index in [1.165, 1.54) is 5.56 Å². The summed E-state index contributed by atoms with van der Waals surface area (Å²) in [6, 6.07) is 27.1. The molecule has 3 aromatic carbocycles. The first-order valence-electron chi connectivity index (χ1n) is 14.2. The second-order valence-electron chi connectivity index (χ2n) is 10.8. The Labute approximate surface area is 241 Å². The summed E-state index contributed by atoms with van der Waals surface area (Å²) in [6.07, 6.45) is 6.31. The van der Waals surface area contributed by atoms with E-state index < -0.39 is 0 Å². The van der Waals surface area contributed by atoms with Crippen molar-refractivity contribution in [2.45, 2.75) is 45.7 Å². The maximum absolute atomic E-state index is 12.6. The van der Waals surface area contributed by atoms with E-state index in [0.717, 1.165) is 78.2 Å². The molecule has 0 unspecified atom stereocenters. The Morgan fingerprint density at radius 1 is 0.878 bits per heavy atom. The maximum atomic E-state index is 12.6. The number of amides is 1.